The summed E-state index contributed by atoms with van der Waals surface area (Å²) in [6, 6.07) is 39.9. The number of hydrogen-bond donors (Lipinski definition) is 0. The minimum Gasteiger partial charge on any atom is -0.456 e. The van der Waals surface area contributed by atoms with Crippen molar-refractivity contribution < 1.29 is 4.42 Å². The second-order valence-corrected chi connectivity index (χ2v) is 10.9. The lowest BCUT2D eigenvalue weighted by Gasteiger charge is -2.00. The van der Waals surface area contributed by atoms with Crippen molar-refractivity contribution in [3.8, 4) is 0 Å². The van der Waals surface area contributed by atoms with Gasteiger partial charge in [-0.05, 0) is 30.3 Å². The van der Waals surface area contributed by atoms with Crippen molar-refractivity contribution in [2.45, 2.75) is 0 Å². The zero-order valence-corrected chi connectivity index (χ0v) is 20.7. The molecule has 178 valence electrons. The van der Waals surface area contributed by atoms with Crippen LogP contribution in [0.15, 0.2) is 114 Å². The standard InChI is InChI=1S/C36H18N2O/c1-3-13-27-20(8-1)22-10-6-12-24-33-29(37(27)36(22)24)15-16-31-34(33)26-17-25-23-11-5-9-21-19-7-2-4-14-28(19)38(35(21)23)30(25)18-32(26)39-31/h1-18H. The fraction of sp³-hybridized carbons (Fsp3) is 0. The molecule has 0 bridgehead atoms. The Hall–Kier alpha value is -5.28. The van der Waals surface area contributed by atoms with Crippen molar-refractivity contribution in [2.75, 3.05) is 0 Å². The highest BCUT2D eigenvalue weighted by Crippen LogP contribution is 2.46. The zero-order valence-electron chi connectivity index (χ0n) is 20.7. The van der Waals surface area contributed by atoms with Gasteiger partial charge >= 0.3 is 0 Å². The molecule has 0 radical (unpaired) electrons. The molecule has 5 aromatic heterocycles. The maximum atomic E-state index is 6.62. The van der Waals surface area contributed by atoms with Crippen LogP contribution in [0.2, 0.25) is 0 Å². The SMILES string of the molecule is c1ccc2c(c1)c1cccc3c4cc5c(cc4n2c13)oc1ccc2c(c3cccc4c6ccccc6n2c43)c15. The molecule has 3 heteroatoms. The maximum Gasteiger partial charge on any atom is 0.137 e. The number of aromatic nitrogens is 2. The smallest absolute Gasteiger partial charge is 0.137 e. The highest BCUT2D eigenvalue weighted by molar-refractivity contribution is 6.33. The summed E-state index contributed by atoms with van der Waals surface area (Å²) in [4.78, 5) is 0. The van der Waals surface area contributed by atoms with E-state index in [0.29, 0.717) is 0 Å². The Bertz CT molecular complexity index is 2820. The quantitative estimate of drug-likeness (QED) is 0.206. The third kappa shape index (κ3) is 1.95. The van der Waals surface area contributed by atoms with E-state index in [9.17, 15) is 0 Å². The fourth-order valence-corrected chi connectivity index (χ4v) is 7.71. The van der Waals surface area contributed by atoms with Crippen LogP contribution in [-0.4, -0.2) is 8.80 Å². The minimum absolute atomic E-state index is 0.935. The van der Waals surface area contributed by atoms with E-state index < -0.39 is 0 Å². The molecule has 11 aromatic rings. The molecule has 5 heterocycles. The molecule has 6 aromatic carbocycles. The number of benzene rings is 6. The molecule has 0 unspecified atom stereocenters. The lowest BCUT2D eigenvalue weighted by atomic mass is 10.0. The molecule has 0 N–H and O–H groups in total. The molecule has 0 saturated heterocycles. The van der Waals surface area contributed by atoms with Crippen LogP contribution in [0, 0.1) is 0 Å². The lowest BCUT2D eigenvalue weighted by molar-refractivity contribution is 0.669. The van der Waals surface area contributed by atoms with Crippen molar-refractivity contribution in [1.29, 1.82) is 0 Å². The minimum atomic E-state index is 0.935. The molecular weight excluding hydrogens is 476 g/mol. The van der Waals surface area contributed by atoms with Gasteiger partial charge in [-0.3, -0.25) is 0 Å². The van der Waals surface area contributed by atoms with Gasteiger partial charge in [0.05, 0.1) is 33.1 Å². The Morgan fingerprint density at radius 1 is 0.359 bits per heavy atom. The van der Waals surface area contributed by atoms with Crippen LogP contribution in [0.5, 0.6) is 0 Å². The van der Waals surface area contributed by atoms with Crippen LogP contribution >= 0.6 is 0 Å². The first-order valence-electron chi connectivity index (χ1n) is 13.5. The Labute approximate surface area is 220 Å². The van der Waals surface area contributed by atoms with Crippen molar-refractivity contribution in [3.63, 3.8) is 0 Å². The zero-order chi connectivity index (χ0) is 25.0. The largest absolute Gasteiger partial charge is 0.456 e. The summed E-state index contributed by atoms with van der Waals surface area (Å²) in [5, 5.41) is 12.7. The van der Waals surface area contributed by atoms with Crippen LogP contribution in [0.4, 0.5) is 0 Å². The molecule has 3 nitrogen and oxygen atoms in total. The van der Waals surface area contributed by atoms with Gasteiger partial charge in [-0.1, -0.05) is 72.8 Å². The molecule has 0 saturated carbocycles. The molecule has 0 aliphatic rings. The molecule has 0 aliphatic carbocycles. The van der Waals surface area contributed by atoms with Gasteiger partial charge in [0.25, 0.3) is 0 Å². The van der Waals surface area contributed by atoms with E-state index in [0.717, 1.165) is 11.2 Å². The predicted molar refractivity (Wildman–Crippen MR) is 163 cm³/mol. The van der Waals surface area contributed by atoms with Crippen molar-refractivity contribution in [2.24, 2.45) is 0 Å². The number of nitrogens with zero attached hydrogens (tertiary/aromatic N) is 2. The highest BCUT2D eigenvalue weighted by Gasteiger charge is 2.23. The summed E-state index contributed by atoms with van der Waals surface area (Å²) in [7, 11) is 0. The van der Waals surface area contributed by atoms with Crippen molar-refractivity contribution in [1.82, 2.24) is 8.80 Å². The monoisotopic (exact) mass is 494 g/mol. The average molecular weight is 495 g/mol. The van der Waals surface area contributed by atoms with Gasteiger partial charge in [-0.25, -0.2) is 0 Å². The third-order valence-corrected chi connectivity index (χ3v) is 9.16. The number of para-hydroxylation sites is 4. The molecule has 11 rings (SSSR count). The van der Waals surface area contributed by atoms with Crippen LogP contribution in [0.25, 0.3) is 98.1 Å². The predicted octanol–water partition coefficient (Wildman–Crippen LogP) is 9.89. The van der Waals surface area contributed by atoms with E-state index in [1.54, 1.807) is 0 Å². The van der Waals surface area contributed by atoms with Gasteiger partial charge in [0.2, 0.25) is 0 Å². The van der Waals surface area contributed by atoms with Gasteiger partial charge in [0, 0.05) is 59.9 Å². The molecule has 0 amide bonds. The van der Waals surface area contributed by atoms with E-state index in [-0.39, 0.29) is 0 Å². The second kappa shape index (κ2) is 6.06. The molecule has 0 atom stereocenters. The van der Waals surface area contributed by atoms with E-state index >= 15 is 0 Å². The van der Waals surface area contributed by atoms with Gasteiger partial charge in [0.15, 0.2) is 0 Å². The normalized spacial score (nSPS) is 13.1. The van der Waals surface area contributed by atoms with Crippen molar-refractivity contribution in [3.05, 3.63) is 109 Å². The fourth-order valence-electron chi connectivity index (χ4n) is 7.71. The second-order valence-electron chi connectivity index (χ2n) is 10.9. The Balaban J connectivity index is 1.39. The first-order valence-corrected chi connectivity index (χ1v) is 13.5. The van der Waals surface area contributed by atoms with Crippen LogP contribution < -0.4 is 0 Å². The summed E-state index contributed by atoms with van der Waals surface area (Å²) in [6.07, 6.45) is 0. The first kappa shape index (κ1) is 18.9. The van der Waals surface area contributed by atoms with Gasteiger partial charge in [-0.2, -0.15) is 0 Å². The summed E-state index contributed by atoms with van der Waals surface area (Å²) in [6.45, 7) is 0. The molecule has 0 aliphatic heterocycles. The number of rotatable bonds is 0. The summed E-state index contributed by atoms with van der Waals surface area (Å²) < 4.78 is 11.5. The number of furan rings is 1. The summed E-state index contributed by atoms with van der Waals surface area (Å²) in [5.74, 6) is 0. The first-order chi connectivity index (χ1) is 19.4. The Kier molecular flexibility index (Phi) is 2.93. The topological polar surface area (TPSA) is 22.0 Å². The van der Waals surface area contributed by atoms with Crippen LogP contribution in [-0.2, 0) is 0 Å². The van der Waals surface area contributed by atoms with Gasteiger partial charge < -0.3 is 13.2 Å². The Morgan fingerprint density at radius 2 is 0.949 bits per heavy atom. The summed E-state index contributed by atoms with van der Waals surface area (Å²) in [5.41, 5.74) is 9.40. The van der Waals surface area contributed by atoms with E-state index in [2.05, 4.69) is 118 Å². The third-order valence-electron chi connectivity index (χ3n) is 9.16. The van der Waals surface area contributed by atoms with Crippen molar-refractivity contribution >= 4 is 98.1 Å². The van der Waals surface area contributed by atoms with Crippen LogP contribution in [0.1, 0.15) is 0 Å². The molecule has 0 fully saturated rings. The number of fused-ring (bicyclic) bond motifs is 16. The van der Waals surface area contributed by atoms with Crippen LogP contribution in [0.3, 0.4) is 0 Å². The molecule has 0 spiro atoms. The Morgan fingerprint density at radius 3 is 1.69 bits per heavy atom. The van der Waals surface area contributed by atoms with E-state index in [4.69, 9.17) is 4.42 Å². The maximum absolute atomic E-state index is 6.62. The number of hydrogen-bond acceptors (Lipinski definition) is 1. The van der Waals surface area contributed by atoms with E-state index in [1.807, 2.05) is 0 Å². The van der Waals surface area contributed by atoms with Gasteiger partial charge in [-0.15, -0.1) is 0 Å². The summed E-state index contributed by atoms with van der Waals surface area (Å²) >= 11 is 0. The molecule has 39 heavy (non-hydrogen) atoms. The van der Waals surface area contributed by atoms with Gasteiger partial charge in [0.1, 0.15) is 11.2 Å². The lowest BCUT2D eigenvalue weighted by Crippen LogP contribution is -1.80. The highest BCUT2D eigenvalue weighted by atomic mass is 16.3. The average Bonchev–Trinajstić information content (AvgIpc) is 3.76. The van der Waals surface area contributed by atoms with E-state index in [1.165, 1.54) is 87.0 Å². The molecular formula is C36H18N2O.